The summed E-state index contributed by atoms with van der Waals surface area (Å²) in [5.74, 6) is 0. The summed E-state index contributed by atoms with van der Waals surface area (Å²) < 4.78 is 28.9. The van der Waals surface area contributed by atoms with Gasteiger partial charge in [0.2, 0.25) is 0 Å². The second-order valence-electron chi connectivity index (χ2n) is 4.79. The van der Waals surface area contributed by atoms with Crippen LogP contribution in [0, 0.1) is 6.92 Å². The number of aryl methyl sites for hydroxylation is 3. The highest BCUT2D eigenvalue weighted by Gasteiger charge is 2.23. The summed E-state index contributed by atoms with van der Waals surface area (Å²) in [4.78, 5) is 0. The van der Waals surface area contributed by atoms with E-state index in [0.717, 1.165) is 17.7 Å². The van der Waals surface area contributed by atoms with Crippen molar-refractivity contribution in [3.63, 3.8) is 0 Å². The van der Waals surface area contributed by atoms with Crippen molar-refractivity contribution < 1.29 is 8.42 Å². The topological polar surface area (TPSA) is 119 Å². The number of nitrogens with zero attached hydrogens (tertiary/aromatic N) is 3. The number of rotatable bonds is 6. The zero-order chi connectivity index (χ0) is 15.6. The van der Waals surface area contributed by atoms with Gasteiger partial charge >= 0.3 is 0 Å². The summed E-state index contributed by atoms with van der Waals surface area (Å²) in [5.41, 5.74) is 8.47. The van der Waals surface area contributed by atoms with Gasteiger partial charge in [0.05, 0.1) is 5.69 Å². The molecule has 9 heteroatoms. The number of aromatic nitrogens is 4. The Morgan fingerprint density at radius 2 is 2.19 bits per heavy atom. The molecule has 2 rings (SSSR count). The molecular formula is C12H20N6O2S. The third kappa shape index (κ3) is 3.14. The van der Waals surface area contributed by atoms with Crippen molar-refractivity contribution in [1.82, 2.24) is 24.7 Å². The first-order valence-electron chi connectivity index (χ1n) is 6.64. The van der Waals surface area contributed by atoms with Gasteiger partial charge in [-0.3, -0.25) is 9.78 Å². The van der Waals surface area contributed by atoms with Crippen LogP contribution in [0.1, 0.15) is 29.4 Å². The summed E-state index contributed by atoms with van der Waals surface area (Å²) in [6, 6.07) is 0. The molecule has 0 atom stereocenters. The first-order valence-corrected chi connectivity index (χ1v) is 8.12. The molecule has 0 bridgehead atoms. The van der Waals surface area contributed by atoms with Crippen LogP contribution in [0.3, 0.4) is 0 Å². The van der Waals surface area contributed by atoms with E-state index in [4.69, 9.17) is 5.73 Å². The predicted octanol–water partition coefficient (Wildman–Crippen LogP) is -0.0488. The molecule has 0 radical (unpaired) electrons. The Labute approximate surface area is 123 Å². The molecule has 2 heterocycles. The summed E-state index contributed by atoms with van der Waals surface area (Å²) in [5, 5.41) is 10.7. The Bertz CT molecular complexity index is 731. The third-order valence-electron chi connectivity index (χ3n) is 3.27. The van der Waals surface area contributed by atoms with E-state index < -0.39 is 10.0 Å². The van der Waals surface area contributed by atoms with Crippen molar-refractivity contribution in [3.8, 4) is 0 Å². The van der Waals surface area contributed by atoms with Gasteiger partial charge in [0.1, 0.15) is 0 Å². The molecule has 2 aromatic heterocycles. The quantitative estimate of drug-likeness (QED) is 0.691. The monoisotopic (exact) mass is 312 g/mol. The van der Waals surface area contributed by atoms with Gasteiger partial charge in [-0.1, -0.05) is 6.92 Å². The average Bonchev–Trinajstić information content (AvgIpc) is 2.99. The number of aromatic amines is 1. The Hall–Kier alpha value is -1.71. The van der Waals surface area contributed by atoms with E-state index in [9.17, 15) is 8.42 Å². The standard InChI is InChI=1S/C12H20N6O2S/c1-4-11-9(7-18(3)17-11)6-14-21(19,20)12-10(5-13)8(2)15-16-12/h7,14H,4-6,13H2,1-3H3,(H,15,16). The zero-order valence-electron chi connectivity index (χ0n) is 12.3. The molecule has 0 aromatic carbocycles. The number of nitrogens with one attached hydrogen (secondary N) is 2. The van der Waals surface area contributed by atoms with E-state index in [-0.39, 0.29) is 18.1 Å². The van der Waals surface area contributed by atoms with E-state index in [0.29, 0.717) is 11.3 Å². The largest absolute Gasteiger partial charge is 0.326 e. The Kier molecular flexibility index (Phi) is 4.45. The fourth-order valence-electron chi connectivity index (χ4n) is 2.16. The normalized spacial score (nSPS) is 12.0. The van der Waals surface area contributed by atoms with Crippen molar-refractivity contribution >= 4 is 10.0 Å². The van der Waals surface area contributed by atoms with E-state index in [2.05, 4.69) is 20.0 Å². The highest BCUT2D eigenvalue weighted by molar-refractivity contribution is 7.89. The van der Waals surface area contributed by atoms with E-state index in [1.165, 1.54) is 0 Å². The minimum absolute atomic E-state index is 0.0376. The number of H-pyrrole nitrogens is 1. The van der Waals surface area contributed by atoms with Crippen LogP contribution in [0.2, 0.25) is 0 Å². The molecule has 0 aliphatic rings. The summed E-state index contributed by atoms with van der Waals surface area (Å²) in [6.45, 7) is 4.01. The maximum Gasteiger partial charge on any atom is 0.260 e. The number of hydrogen-bond acceptors (Lipinski definition) is 5. The highest BCUT2D eigenvalue weighted by atomic mass is 32.2. The van der Waals surface area contributed by atoms with Gasteiger partial charge in [-0.05, 0) is 13.3 Å². The van der Waals surface area contributed by atoms with Crippen molar-refractivity contribution in [2.45, 2.75) is 38.4 Å². The fraction of sp³-hybridized carbons (Fsp3) is 0.500. The van der Waals surface area contributed by atoms with E-state index in [1.807, 2.05) is 6.92 Å². The SMILES string of the molecule is CCc1nn(C)cc1CNS(=O)(=O)c1n[nH]c(C)c1CN. The van der Waals surface area contributed by atoms with Crippen LogP contribution in [0.25, 0.3) is 0 Å². The van der Waals surface area contributed by atoms with E-state index >= 15 is 0 Å². The Morgan fingerprint density at radius 1 is 1.48 bits per heavy atom. The van der Waals surface area contributed by atoms with Crippen LogP contribution in [-0.2, 0) is 36.6 Å². The molecule has 0 saturated heterocycles. The van der Waals surface area contributed by atoms with Gasteiger partial charge < -0.3 is 5.73 Å². The van der Waals surface area contributed by atoms with Crippen LogP contribution < -0.4 is 10.5 Å². The molecule has 8 nitrogen and oxygen atoms in total. The van der Waals surface area contributed by atoms with Crippen LogP contribution in [0.5, 0.6) is 0 Å². The lowest BCUT2D eigenvalue weighted by Gasteiger charge is -2.06. The van der Waals surface area contributed by atoms with Crippen LogP contribution in [0.15, 0.2) is 11.2 Å². The number of sulfonamides is 1. The minimum atomic E-state index is -3.71. The van der Waals surface area contributed by atoms with Crippen LogP contribution in [0.4, 0.5) is 0 Å². The molecule has 0 spiro atoms. The summed E-state index contributed by atoms with van der Waals surface area (Å²) >= 11 is 0. The van der Waals surface area contributed by atoms with Crippen LogP contribution >= 0.6 is 0 Å². The molecule has 0 fully saturated rings. The average molecular weight is 312 g/mol. The molecule has 0 amide bonds. The second kappa shape index (κ2) is 5.96. The van der Waals surface area contributed by atoms with Gasteiger partial charge in [-0.15, -0.1) is 0 Å². The smallest absolute Gasteiger partial charge is 0.260 e. The van der Waals surface area contributed by atoms with Gasteiger partial charge in [-0.25, -0.2) is 13.1 Å². The highest BCUT2D eigenvalue weighted by Crippen LogP contribution is 2.16. The molecule has 0 aliphatic heterocycles. The van der Waals surface area contributed by atoms with Crippen molar-refractivity contribution in [3.05, 3.63) is 28.7 Å². The molecule has 0 saturated carbocycles. The lowest BCUT2D eigenvalue weighted by atomic mass is 10.2. The van der Waals surface area contributed by atoms with Crippen molar-refractivity contribution in [2.75, 3.05) is 0 Å². The third-order valence-corrected chi connectivity index (χ3v) is 4.65. The Balaban J connectivity index is 2.21. The first kappa shape index (κ1) is 15.7. The van der Waals surface area contributed by atoms with Gasteiger partial charge in [0.25, 0.3) is 10.0 Å². The fourth-order valence-corrected chi connectivity index (χ4v) is 3.37. The molecule has 2 aromatic rings. The van der Waals surface area contributed by atoms with Gasteiger partial charge in [0, 0.05) is 43.2 Å². The molecular weight excluding hydrogens is 292 g/mol. The molecule has 116 valence electrons. The lowest BCUT2D eigenvalue weighted by molar-refractivity contribution is 0.575. The molecule has 21 heavy (non-hydrogen) atoms. The van der Waals surface area contributed by atoms with E-state index in [1.54, 1.807) is 24.9 Å². The Morgan fingerprint density at radius 3 is 2.81 bits per heavy atom. The first-order chi connectivity index (χ1) is 9.89. The molecule has 4 N–H and O–H groups in total. The van der Waals surface area contributed by atoms with Crippen molar-refractivity contribution in [1.29, 1.82) is 0 Å². The van der Waals surface area contributed by atoms with Crippen LogP contribution in [-0.4, -0.2) is 28.4 Å². The van der Waals surface area contributed by atoms with Crippen molar-refractivity contribution in [2.24, 2.45) is 12.8 Å². The maximum atomic E-state index is 12.3. The molecule has 0 unspecified atom stereocenters. The minimum Gasteiger partial charge on any atom is -0.326 e. The maximum absolute atomic E-state index is 12.3. The summed E-state index contributed by atoms with van der Waals surface area (Å²) in [7, 11) is -1.90. The summed E-state index contributed by atoms with van der Waals surface area (Å²) in [6.07, 6.45) is 2.55. The number of nitrogens with two attached hydrogens (primary N) is 1. The molecule has 0 aliphatic carbocycles. The van der Waals surface area contributed by atoms with Gasteiger partial charge in [-0.2, -0.15) is 10.2 Å². The second-order valence-corrected chi connectivity index (χ2v) is 6.47. The lowest BCUT2D eigenvalue weighted by Crippen LogP contribution is -2.25. The zero-order valence-corrected chi connectivity index (χ0v) is 13.2. The predicted molar refractivity (Wildman–Crippen MR) is 77.8 cm³/mol. The number of hydrogen-bond donors (Lipinski definition) is 3. The van der Waals surface area contributed by atoms with Gasteiger partial charge in [0.15, 0.2) is 5.03 Å².